The molecule has 1 aliphatic rings. The fraction of sp³-hybridized carbons (Fsp3) is 1.00. The average molecular weight is 145 g/mol. The van der Waals surface area contributed by atoms with Gasteiger partial charge in [0.25, 0.3) is 0 Å². The summed E-state index contributed by atoms with van der Waals surface area (Å²) >= 11 is 2.05. The molecule has 2 heteroatoms. The second-order valence-corrected chi connectivity index (χ2v) is 4.37. The molecular formula is C7H15NS. The number of hydrogen-bond acceptors (Lipinski definition) is 2. The minimum absolute atomic E-state index is 0.398. The Bertz CT molecular complexity index is 92.9. The second kappa shape index (κ2) is 2.93. The Hall–Kier alpha value is 0.310. The van der Waals surface area contributed by atoms with Crippen molar-refractivity contribution in [2.45, 2.75) is 31.6 Å². The lowest BCUT2D eigenvalue weighted by atomic mass is 9.96. The summed E-state index contributed by atoms with van der Waals surface area (Å²) in [7, 11) is 0. The zero-order chi connectivity index (χ0) is 6.85. The Kier molecular flexibility index (Phi) is 2.42. The van der Waals surface area contributed by atoms with Crippen LogP contribution in [0.5, 0.6) is 0 Å². The summed E-state index contributed by atoms with van der Waals surface area (Å²) in [6, 6.07) is 0.398. The van der Waals surface area contributed by atoms with Crippen LogP contribution in [0.2, 0.25) is 0 Å². The molecule has 0 amide bonds. The van der Waals surface area contributed by atoms with Crippen LogP contribution in [0.15, 0.2) is 0 Å². The fourth-order valence-corrected chi connectivity index (χ4v) is 2.85. The maximum atomic E-state index is 5.77. The van der Waals surface area contributed by atoms with Crippen molar-refractivity contribution in [2.75, 3.05) is 5.75 Å². The van der Waals surface area contributed by atoms with Crippen LogP contribution in [-0.2, 0) is 0 Å². The van der Waals surface area contributed by atoms with Crippen molar-refractivity contribution in [1.29, 1.82) is 0 Å². The first-order valence-corrected chi connectivity index (χ1v) is 4.64. The number of rotatable bonds is 1. The monoisotopic (exact) mass is 145 g/mol. The van der Waals surface area contributed by atoms with Gasteiger partial charge in [0.2, 0.25) is 0 Å². The van der Waals surface area contributed by atoms with E-state index in [9.17, 15) is 0 Å². The van der Waals surface area contributed by atoms with Gasteiger partial charge >= 0.3 is 0 Å². The van der Waals surface area contributed by atoms with Crippen molar-refractivity contribution in [3.63, 3.8) is 0 Å². The van der Waals surface area contributed by atoms with Gasteiger partial charge in [-0.1, -0.05) is 6.92 Å². The SMILES string of the molecule is CC(N)C1CCSC1C. The second-order valence-electron chi connectivity index (χ2n) is 2.89. The minimum Gasteiger partial charge on any atom is -0.328 e. The van der Waals surface area contributed by atoms with Crippen LogP contribution >= 0.6 is 11.8 Å². The summed E-state index contributed by atoms with van der Waals surface area (Å²) < 4.78 is 0. The molecule has 1 saturated heterocycles. The van der Waals surface area contributed by atoms with Gasteiger partial charge in [-0.05, 0) is 25.0 Å². The largest absolute Gasteiger partial charge is 0.328 e. The summed E-state index contributed by atoms with van der Waals surface area (Å²) in [5.74, 6) is 2.09. The third-order valence-corrected chi connectivity index (χ3v) is 3.46. The maximum Gasteiger partial charge on any atom is 0.00619 e. The molecule has 0 bridgehead atoms. The fourth-order valence-electron chi connectivity index (χ4n) is 1.44. The maximum absolute atomic E-state index is 5.77. The topological polar surface area (TPSA) is 26.0 Å². The van der Waals surface area contributed by atoms with Crippen molar-refractivity contribution in [2.24, 2.45) is 11.7 Å². The molecule has 0 radical (unpaired) electrons. The lowest BCUT2D eigenvalue weighted by Gasteiger charge is -2.17. The quantitative estimate of drug-likeness (QED) is 0.605. The molecule has 1 fully saturated rings. The Morgan fingerprint density at radius 3 is 2.56 bits per heavy atom. The van der Waals surface area contributed by atoms with Crippen LogP contribution in [0.3, 0.4) is 0 Å². The van der Waals surface area contributed by atoms with E-state index in [0.29, 0.717) is 6.04 Å². The first kappa shape index (κ1) is 7.42. The predicted molar refractivity (Wildman–Crippen MR) is 43.7 cm³/mol. The summed E-state index contributed by atoms with van der Waals surface area (Å²) in [5.41, 5.74) is 5.77. The van der Waals surface area contributed by atoms with Crippen LogP contribution in [0.4, 0.5) is 0 Å². The van der Waals surface area contributed by atoms with Crippen LogP contribution in [0.1, 0.15) is 20.3 Å². The van der Waals surface area contributed by atoms with E-state index in [1.54, 1.807) is 0 Å². The molecule has 9 heavy (non-hydrogen) atoms. The molecule has 1 rings (SSSR count). The van der Waals surface area contributed by atoms with Gasteiger partial charge in [-0.2, -0.15) is 11.8 Å². The molecule has 0 aliphatic carbocycles. The molecule has 1 heterocycles. The van der Waals surface area contributed by atoms with Crippen molar-refractivity contribution in [3.8, 4) is 0 Å². The molecule has 0 aromatic rings. The van der Waals surface area contributed by atoms with Crippen LogP contribution in [-0.4, -0.2) is 17.0 Å². The Labute approximate surface area is 61.4 Å². The van der Waals surface area contributed by atoms with E-state index < -0.39 is 0 Å². The van der Waals surface area contributed by atoms with Gasteiger partial charge in [0.05, 0.1) is 0 Å². The smallest absolute Gasteiger partial charge is 0.00619 e. The third-order valence-electron chi connectivity index (χ3n) is 2.11. The molecule has 0 saturated carbocycles. The van der Waals surface area contributed by atoms with Gasteiger partial charge in [-0.15, -0.1) is 0 Å². The van der Waals surface area contributed by atoms with Gasteiger partial charge in [0, 0.05) is 11.3 Å². The zero-order valence-electron chi connectivity index (χ0n) is 6.13. The van der Waals surface area contributed by atoms with Gasteiger partial charge < -0.3 is 5.73 Å². The van der Waals surface area contributed by atoms with Crippen molar-refractivity contribution in [3.05, 3.63) is 0 Å². The molecule has 3 atom stereocenters. The molecule has 0 aromatic heterocycles. The van der Waals surface area contributed by atoms with E-state index in [4.69, 9.17) is 5.73 Å². The molecule has 3 unspecified atom stereocenters. The van der Waals surface area contributed by atoms with Crippen LogP contribution < -0.4 is 5.73 Å². The standard InChI is InChI=1S/C7H15NS/c1-5(8)7-3-4-9-6(7)2/h5-7H,3-4,8H2,1-2H3. The molecule has 1 aliphatic heterocycles. The molecular weight excluding hydrogens is 130 g/mol. The van der Waals surface area contributed by atoms with Gasteiger partial charge in [-0.25, -0.2) is 0 Å². The van der Waals surface area contributed by atoms with E-state index in [1.807, 2.05) is 0 Å². The molecule has 0 spiro atoms. The van der Waals surface area contributed by atoms with E-state index in [2.05, 4.69) is 25.6 Å². The number of hydrogen-bond donors (Lipinski definition) is 1. The van der Waals surface area contributed by atoms with E-state index in [-0.39, 0.29) is 0 Å². The summed E-state index contributed by atoms with van der Waals surface area (Å²) in [4.78, 5) is 0. The first-order valence-electron chi connectivity index (χ1n) is 3.59. The first-order chi connectivity index (χ1) is 4.22. The van der Waals surface area contributed by atoms with Gasteiger partial charge in [0.15, 0.2) is 0 Å². The average Bonchev–Trinajstić information content (AvgIpc) is 2.13. The Morgan fingerprint density at radius 2 is 2.33 bits per heavy atom. The third kappa shape index (κ3) is 1.62. The number of thioether (sulfide) groups is 1. The molecule has 0 aromatic carbocycles. The summed E-state index contributed by atoms with van der Waals surface area (Å²) in [5, 5.41) is 0.796. The molecule has 54 valence electrons. The van der Waals surface area contributed by atoms with Crippen molar-refractivity contribution < 1.29 is 0 Å². The van der Waals surface area contributed by atoms with Crippen molar-refractivity contribution in [1.82, 2.24) is 0 Å². The normalized spacial score (nSPS) is 39.0. The van der Waals surface area contributed by atoms with E-state index in [1.165, 1.54) is 12.2 Å². The molecule has 2 N–H and O–H groups in total. The minimum atomic E-state index is 0.398. The highest BCUT2D eigenvalue weighted by molar-refractivity contribution is 8.00. The van der Waals surface area contributed by atoms with E-state index >= 15 is 0 Å². The zero-order valence-corrected chi connectivity index (χ0v) is 6.95. The lowest BCUT2D eigenvalue weighted by molar-refractivity contribution is 0.447. The summed E-state index contributed by atoms with van der Waals surface area (Å²) in [6.07, 6.45) is 1.32. The Morgan fingerprint density at radius 1 is 1.67 bits per heavy atom. The predicted octanol–water partition coefficient (Wildman–Crippen LogP) is 1.48. The summed E-state index contributed by atoms with van der Waals surface area (Å²) in [6.45, 7) is 4.40. The highest BCUT2D eigenvalue weighted by atomic mass is 32.2. The van der Waals surface area contributed by atoms with Gasteiger partial charge in [-0.3, -0.25) is 0 Å². The van der Waals surface area contributed by atoms with Crippen LogP contribution in [0.25, 0.3) is 0 Å². The van der Waals surface area contributed by atoms with Crippen LogP contribution in [0, 0.1) is 5.92 Å². The highest BCUT2D eigenvalue weighted by Crippen LogP contribution is 2.32. The Balaban J connectivity index is 2.40. The van der Waals surface area contributed by atoms with E-state index in [0.717, 1.165) is 11.2 Å². The van der Waals surface area contributed by atoms with Gasteiger partial charge in [0.1, 0.15) is 0 Å². The molecule has 1 nitrogen and oxygen atoms in total. The van der Waals surface area contributed by atoms with Crippen molar-refractivity contribution >= 4 is 11.8 Å². The highest BCUT2D eigenvalue weighted by Gasteiger charge is 2.26. The number of nitrogens with two attached hydrogens (primary N) is 1. The lowest BCUT2D eigenvalue weighted by Crippen LogP contribution is -2.29.